The Morgan fingerprint density at radius 2 is 0.881 bits per heavy atom. The molecule has 1 aromatic heterocycles. The van der Waals surface area contributed by atoms with Gasteiger partial charge in [0.25, 0.3) is 0 Å². The van der Waals surface area contributed by atoms with Gasteiger partial charge in [-0.2, -0.15) is 5.10 Å². The number of thioether (sulfide) groups is 3. The lowest BCUT2D eigenvalue weighted by Crippen LogP contribution is -2.51. The molecule has 4 N–H and O–H groups in total. The zero-order chi connectivity index (χ0) is 88.1. The predicted octanol–water partition coefficient (Wildman–Crippen LogP) is 16.9. The van der Waals surface area contributed by atoms with Crippen molar-refractivity contribution in [1.29, 1.82) is 0 Å². The molecule has 28 heteroatoms. The Bertz CT molecular complexity index is 5100. The van der Waals surface area contributed by atoms with Crippen LogP contribution in [0.1, 0.15) is 202 Å². The molecule has 8 fully saturated rings. The SMILES string of the molecule is CN1CCN(c2ccccc2C2SC(CC(=O)N3CCC(N4Cc5ccccc5NC4=O)CC3)C(=O)N2CCC(C)(C)C)CC1.Cc1cc(C2SC(CC(=O)N3CCC(N4CCc5ccccc5NC4=O)CC3)C(=O)N2CCC(C)(C)C)cc2cn[nH]c12.O=C(CC1SC(c2ccccc2)N(C2CCCCC2)C1=O)N1CCC(N2Cc3ccccc3NC2=O)CC1.[HH].[HH]. The van der Waals surface area contributed by atoms with Gasteiger partial charge in [0.15, 0.2) is 0 Å². The van der Waals surface area contributed by atoms with Crippen LogP contribution in [-0.4, -0.2) is 245 Å². The quantitative estimate of drug-likeness (QED) is 0.0623. The van der Waals surface area contributed by atoms with Crippen molar-refractivity contribution in [2.45, 2.75) is 227 Å². The van der Waals surface area contributed by atoms with Crippen molar-refractivity contribution in [2.75, 3.05) is 113 Å². The third-order valence-electron chi connectivity index (χ3n) is 27.4. The Balaban J connectivity index is 0.000000155. The molecule has 6 atom stereocenters. The molecule has 7 saturated heterocycles. The minimum Gasteiger partial charge on any atom is -0.369 e. The van der Waals surface area contributed by atoms with Crippen LogP contribution >= 0.6 is 35.3 Å². The van der Waals surface area contributed by atoms with Crippen LogP contribution in [0.3, 0.4) is 0 Å². The van der Waals surface area contributed by atoms with Gasteiger partial charge in [0, 0.05) is 178 Å². The molecule has 1 saturated carbocycles. The van der Waals surface area contributed by atoms with E-state index >= 15 is 0 Å². The predicted molar refractivity (Wildman–Crippen MR) is 506 cm³/mol. The smallest absolute Gasteiger partial charge is 0.322 e. The number of hydrogen-bond acceptors (Lipinski definition) is 15. The summed E-state index contributed by atoms with van der Waals surface area (Å²) in [6.07, 6.45) is 15.2. The lowest BCUT2D eigenvalue weighted by atomic mass is 9.92. The van der Waals surface area contributed by atoms with Crippen LogP contribution < -0.4 is 20.9 Å². The van der Waals surface area contributed by atoms with E-state index in [1.54, 1.807) is 35.3 Å². The molecule has 1 aliphatic carbocycles. The number of hydrogen-bond donors (Lipinski definition) is 4. The van der Waals surface area contributed by atoms with Crippen molar-refractivity contribution >= 4 is 122 Å². The van der Waals surface area contributed by atoms with Gasteiger partial charge in [0.2, 0.25) is 35.4 Å². The Kier molecular flexibility index (Phi) is 28.1. The second-order valence-electron chi connectivity index (χ2n) is 38.5. The highest BCUT2D eigenvalue weighted by Crippen LogP contribution is 2.51. The third-order valence-corrected chi connectivity index (χ3v) is 31.8. The summed E-state index contributed by atoms with van der Waals surface area (Å²) in [6, 6.07) is 47.2. The number of urea groups is 3. The highest BCUT2D eigenvalue weighted by molar-refractivity contribution is 8.01. The van der Waals surface area contributed by atoms with Crippen LogP contribution in [0, 0.1) is 17.8 Å². The lowest BCUT2D eigenvalue weighted by molar-refractivity contribution is -0.138. The summed E-state index contributed by atoms with van der Waals surface area (Å²) < 4.78 is 0. The number of piperazine rings is 1. The number of nitrogens with zero attached hydrogens (tertiary/aromatic N) is 12. The minimum atomic E-state index is -0.412. The summed E-state index contributed by atoms with van der Waals surface area (Å²) in [6.45, 7) is 26.1. The first-order valence-electron chi connectivity index (χ1n) is 45.9. The van der Waals surface area contributed by atoms with E-state index in [-0.39, 0.29) is 132 Å². The summed E-state index contributed by atoms with van der Waals surface area (Å²) in [7, 11) is 2.16. The zero-order valence-electron chi connectivity index (χ0n) is 74.5. The fraction of sp³-hybridized carbons (Fsp3) is 0.531. The number of likely N-dealkylation sites (tertiary alicyclic amines) is 3. The van der Waals surface area contributed by atoms with E-state index in [1.165, 1.54) is 30.5 Å². The van der Waals surface area contributed by atoms with Crippen molar-refractivity contribution < 1.29 is 46.0 Å². The second kappa shape index (κ2) is 39.4. The van der Waals surface area contributed by atoms with Gasteiger partial charge in [-0.25, -0.2) is 14.4 Å². The number of aromatic nitrogens is 2. The molecule has 11 heterocycles. The fourth-order valence-corrected chi connectivity index (χ4v) is 24.4. The van der Waals surface area contributed by atoms with Gasteiger partial charge in [-0.3, -0.25) is 33.9 Å². The molecule has 0 spiro atoms. The molecule has 11 aliphatic rings. The number of aromatic amines is 1. The third kappa shape index (κ3) is 20.8. The molecule has 18 rings (SSSR count). The standard InChI is InChI=1S/C35H48N6O3S.C33H42N6O3S.C30H36N4O3S.2H2/c1-35(2,3)15-18-40-32(43)30(45-33(40)27-10-6-8-12-29(27)38-21-19-37(4)20-22-38)23-31(42)39-16-13-26(14-17-39)41-24-25-9-5-7-11-28(25)36-34(41)44;1-21-17-23(18-24-20-34-36-29(21)24)31-39(16-12-33(2,3)4)30(41)27(43-31)19-28(40)37-13-10-25(11-14-37)38-15-9-22-7-5-6-8-26(22)35-32(38)42;35-27(32-17-15-23(16-18-32)33-20-22-11-7-8-14-25(22)31-30(33)37)19-26-28(36)34(24-12-5-2-6-13-24)29(38-26)21-9-3-1-4-10-21;;/h5-12,26,30,33H,13-24H2,1-4H3,(H,36,44);5-8,17-18,20,25,27,31H,9-16,19H2,1-4H3,(H,34,36)(H,35,42);1,3-4,7-11,14,23-24,26,29H,2,5-6,12-13,15-20H2,(H,31,37);2*1H. The van der Waals surface area contributed by atoms with Crippen LogP contribution in [0.5, 0.6) is 0 Å². The summed E-state index contributed by atoms with van der Waals surface area (Å²) in [4.78, 5) is 143. The minimum absolute atomic E-state index is 0. The number of para-hydroxylation sites is 4. The molecule has 0 radical (unpaired) electrons. The van der Waals surface area contributed by atoms with E-state index < -0.39 is 10.5 Å². The van der Waals surface area contributed by atoms with Crippen molar-refractivity contribution in [3.05, 3.63) is 185 Å². The Morgan fingerprint density at radius 3 is 1.40 bits per heavy atom. The molecule has 0 bridgehead atoms. The number of piperidine rings is 3. The van der Waals surface area contributed by atoms with Crippen LogP contribution in [0.2, 0.25) is 0 Å². The number of anilines is 4. The number of carbonyl (C=O) groups excluding carboxylic acids is 9. The van der Waals surface area contributed by atoms with Gasteiger partial charge in [-0.1, -0.05) is 170 Å². The largest absolute Gasteiger partial charge is 0.369 e. The summed E-state index contributed by atoms with van der Waals surface area (Å²) in [5.74, 6) is 0.372. The fourth-order valence-electron chi connectivity index (χ4n) is 20.0. The van der Waals surface area contributed by atoms with E-state index in [2.05, 4.69) is 163 Å². The summed E-state index contributed by atoms with van der Waals surface area (Å²) >= 11 is 4.90. The molecular weight excluding hydrogens is 1640 g/mol. The zero-order valence-corrected chi connectivity index (χ0v) is 77.0. The molecule has 6 unspecified atom stereocenters. The normalized spacial score (nSPS) is 23.3. The molecule has 25 nitrogen and oxygen atoms in total. The summed E-state index contributed by atoms with van der Waals surface area (Å²) in [5.41, 5.74) is 12.9. The molecule has 7 aromatic rings. The molecule has 6 aromatic carbocycles. The van der Waals surface area contributed by atoms with Crippen molar-refractivity contribution in [3.8, 4) is 0 Å². The first-order chi connectivity index (χ1) is 60.7. The topological polar surface area (TPSA) is 254 Å². The molecular formula is C98H130N16O9S3. The average molecular weight is 1770 g/mol. The maximum Gasteiger partial charge on any atom is 0.322 e. The molecule has 12 amide bonds. The molecule has 126 heavy (non-hydrogen) atoms. The number of amides is 12. The van der Waals surface area contributed by atoms with Crippen molar-refractivity contribution in [1.82, 2.24) is 59.2 Å². The highest BCUT2D eigenvalue weighted by Gasteiger charge is 2.49. The Morgan fingerprint density at radius 1 is 0.444 bits per heavy atom. The molecule has 10 aliphatic heterocycles. The van der Waals surface area contributed by atoms with Crippen LogP contribution in [0.4, 0.5) is 37.1 Å². The maximum absolute atomic E-state index is 14.0. The van der Waals surface area contributed by atoms with Crippen molar-refractivity contribution in [2.24, 2.45) is 10.8 Å². The number of benzene rings is 6. The van der Waals surface area contributed by atoms with Gasteiger partial charge in [0.1, 0.15) is 16.1 Å². The number of likely N-dealkylation sites (N-methyl/N-ethyl adjacent to an activating group) is 1. The number of fused-ring (bicyclic) bond motifs is 4. The van der Waals surface area contributed by atoms with Gasteiger partial charge in [-0.05, 0) is 159 Å². The van der Waals surface area contributed by atoms with E-state index in [1.807, 2.05) is 118 Å². The second-order valence-corrected chi connectivity index (χ2v) is 42.4. The van der Waals surface area contributed by atoms with Gasteiger partial charge in [-0.15, -0.1) is 35.3 Å². The van der Waals surface area contributed by atoms with Crippen molar-refractivity contribution in [3.63, 3.8) is 0 Å². The first-order valence-corrected chi connectivity index (χ1v) is 48.8. The number of nitrogens with one attached hydrogen (secondary N) is 4. The number of rotatable bonds is 18. The van der Waals surface area contributed by atoms with Crippen LogP contribution in [0.15, 0.2) is 146 Å². The average Bonchev–Trinajstić information content (AvgIpc) is 1.62. The van der Waals surface area contributed by atoms with E-state index in [4.69, 9.17) is 0 Å². The number of aryl methyl sites for hydroxylation is 1. The van der Waals surface area contributed by atoms with Gasteiger partial charge < -0.3 is 69.8 Å². The highest BCUT2D eigenvalue weighted by atomic mass is 32.2. The summed E-state index contributed by atoms with van der Waals surface area (Å²) in [5, 5.41) is 16.0. The Hall–Kier alpha value is -9.77. The monoisotopic (exact) mass is 1770 g/mol. The molecule has 674 valence electrons. The number of carbonyl (C=O) groups is 9. The van der Waals surface area contributed by atoms with E-state index in [0.29, 0.717) is 72.0 Å². The van der Waals surface area contributed by atoms with E-state index in [9.17, 15) is 43.2 Å². The first kappa shape index (κ1) is 89.6. The van der Waals surface area contributed by atoms with Crippen LogP contribution in [-0.2, 0) is 48.3 Å². The van der Waals surface area contributed by atoms with Gasteiger partial charge in [0.05, 0.1) is 27.5 Å². The number of H-pyrrole nitrogens is 1. The Labute approximate surface area is 758 Å². The van der Waals surface area contributed by atoms with Crippen LogP contribution in [0.25, 0.3) is 10.9 Å². The lowest BCUT2D eigenvalue weighted by Gasteiger charge is -2.40. The maximum atomic E-state index is 14.0. The van der Waals surface area contributed by atoms with E-state index in [0.717, 1.165) is 158 Å². The van der Waals surface area contributed by atoms with Gasteiger partial charge >= 0.3 is 18.1 Å².